The fourth-order valence-corrected chi connectivity index (χ4v) is 2.68. The summed E-state index contributed by atoms with van der Waals surface area (Å²) in [5.74, 6) is 1.16. The van der Waals surface area contributed by atoms with Crippen LogP contribution in [0.1, 0.15) is 30.6 Å². The van der Waals surface area contributed by atoms with Crippen LogP contribution < -0.4 is 15.5 Å². The van der Waals surface area contributed by atoms with E-state index < -0.39 is 0 Å². The number of amides is 3. The number of anilines is 2. The van der Waals surface area contributed by atoms with E-state index in [0.717, 1.165) is 30.6 Å². The molecule has 7 nitrogen and oxygen atoms in total. The number of carbonyl (C=O) groups is 2. The van der Waals surface area contributed by atoms with Crippen molar-refractivity contribution >= 4 is 23.4 Å². The molecule has 0 unspecified atom stereocenters. The SMILES string of the molecule is Cc1cc(NC(=O)NCc2cccc(N3CCCCC3=O)c2)no1. The monoisotopic (exact) mass is 328 g/mol. The van der Waals surface area contributed by atoms with Crippen molar-refractivity contribution in [3.8, 4) is 0 Å². The quantitative estimate of drug-likeness (QED) is 0.903. The lowest BCUT2D eigenvalue weighted by molar-refractivity contribution is -0.119. The number of nitrogens with zero attached hydrogens (tertiary/aromatic N) is 2. The van der Waals surface area contributed by atoms with Gasteiger partial charge in [-0.1, -0.05) is 17.3 Å². The first-order valence-electron chi connectivity index (χ1n) is 7.99. The number of hydrogen-bond donors (Lipinski definition) is 2. The van der Waals surface area contributed by atoms with E-state index in [1.165, 1.54) is 0 Å². The average Bonchev–Trinajstić information content (AvgIpc) is 2.98. The molecular formula is C17H20N4O3. The second-order valence-corrected chi connectivity index (χ2v) is 5.80. The highest BCUT2D eigenvalue weighted by Crippen LogP contribution is 2.21. The van der Waals surface area contributed by atoms with Crippen LogP contribution in [0.4, 0.5) is 16.3 Å². The third-order valence-corrected chi connectivity index (χ3v) is 3.87. The summed E-state index contributed by atoms with van der Waals surface area (Å²) in [6.45, 7) is 2.86. The van der Waals surface area contributed by atoms with Crippen LogP contribution in [0.2, 0.25) is 0 Å². The lowest BCUT2D eigenvalue weighted by atomic mass is 10.1. The van der Waals surface area contributed by atoms with Gasteiger partial charge in [0.25, 0.3) is 0 Å². The Morgan fingerprint density at radius 1 is 1.33 bits per heavy atom. The van der Waals surface area contributed by atoms with Crippen molar-refractivity contribution in [1.29, 1.82) is 0 Å². The van der Waals surface area contributed by atoms with Gasteiger partial charge in [0.1, 0.15) is 5.76 Å². The number of hydrogen-bond acceptors (Lipinski definition) is 4. The molecule has 1 aliphatic heterocycles. The Morgan fingerprint density at radius 2 is 2.21 bits per heavy atom. The van der Waals surface area contributed by atoms with E-state index in [9.17, 15) is 9.59 Å². The molecule has 0 spiro atoms. The average molecular weight is 328 g/mol. The zero-order valence-corrected chi connectivity index (χ0v) is 13.5. The molecule has 1 aromatic heterocycles. The molecule has 0 radical (unpaired) electrons. The molecule has 1 aromatic carbocycles. The number of carbonyl (C=O) groups excluding carboxylic acids is 2. The van der Waals surface area contributed by atoms with E-state index in [4.69, 9.17) is 4.52 Å². The van der Waals surface area contributed by atoms with E-state index in [0.29, 0.717) is 24.5 Å². The predicted molar refractivity (Wildman–Crippen MR) is 89.7 cm³/mol. The molecule has 126 valence electrons. The van der Waals surface area contributed by atoms with Gasteiger partial charge < -0.3 is 14.7 Å². The van der Waals surface area contributed by atoms with Gasteiger partial charge in [-0.2, -0.15) is 0 Å². The van der Waals surface area contributed by atoms with E-state index in [1.54, 1.807) is 13.0 Å². The Bertz CT molecular complexity index is 741. The topological polar surface area (TPSA) is 87.5 Å². The second kappa shape index (κ2) is 7.16. The van der Waals surface area contributed by atoms with Crippen LogP contribution in [0.3, 0.4) is 0 Å². The van der Waals surface area contributed by atoms with E-state index >= 15 is 0 Å². The smallest absolute Gasteiger partial charge is 0.320 e. The molecule has 0 aliphatic carbocycles. The molecule has 0 saturated carbocycles. The molecule has 7 heteroatoms. The third-order valence-electron chi connectivity index (χ3n) is 3.87. The molecule has 1 aliphatic rings. The summed E-state index contributed by atoms with van der Waals surface area (Å²) < 4.78 is 4.89. The molecule has 1 saturated heterocycles. The number of benzene rings is 1. The van der Waals surface area contributed by atoms with Gasteiger partial charge in [-0.05, 0) is 37.5 Å². The highest BCUT2D eigenvalue weighted by molar-refractivity contribution is 5.94. The maximum absolute atomic E-state index is 12.0. The van der Waals surface area contributed by atoms with Crippen molar-refractivity contribution in [3.05, 3.63) is 41.7 Å². The van der Waals surface area contributed by atoms with Crippen LogP contribution in [0.5, 0.6) is 0 Å². The molecule has 2 heterocycles. The minimum atomic E-state index is -0.359. The fourth-order valence-electron chi connectivity index (χ4n) is 2.68. The van der Waals surface area contributed by atoms with Crippen LogP contribution in [0.25, 0.3) is 0 Å². The number of rotatable bonds is 4. The number of urea groups is 1. The van der Waals surface area contributed by atoms with Gasteiger partial charge in [0.2, 0.25) is 5.91 Å². The van der Waals surface area contributed by atoms with Gasteiger partial charge in [-0.15, -0.1) is 0 Å². The Hall–Kier alpha value is -2.83. The van der Waals surface area contributed by atoms with Crippen LogP contribution in [-0.4, -0.2) is 23.6 Å². The third kappa shape index (κ3) is 3.92. The van der Waals surface area contributed by atoms with Crippen molar-refractivity contribution in [2.45, 2.75) is 32.7 Å². The minimum absolute atomic E-state index is 0.158. The molecule has 24 heavy (non-hydrogen) atoms. The van der Waals surface area contributed by atoms with Crippen molar-refractivity contribution in [2.24, 2.45) is 0 Å². The summed E-state index contributed by atoms with van der Waals surface area (Å²) in [7, 11) is 0. The zero-order valence-electron chi connectivity index (χ0n) is 13.5. The normalized spacial score (nSPS) is 14.5. The maximum atomic E-state index is 12.0. The first-order chi connectivity index (χ1) is 11.6. The highest BCUT2D eigenvalue weighted by atomic mass is 16.5. The Balaban J connectivity index is 1.58. The summed E-state index contributed by atoms with van der Waals surface area (Å²) in [4.78, 5) is 25.7. The van der Waals surface area contributed by atoms with Crippen molar-refractivity contribution < 1.29 is 14.1 Å². The second-order valence-electron chi connectivity index (χ2n) is 5.80. The summed E-state index contributed by atoms with van der Waals surface area (Å²) >= 11 is 0. The Kier molecular flexibility index (Phi) is 4.79. The number of aromatic nitrogens is 1. The molecule has 2 aromatic rings. The number of nitrogens with one attached hydrogen (secondary N) is 2. The molecule has 0 bridgehead atoms. The van der Waals surface area contributed by atoms with Crippen LogP contribution in [0.15, 0.2) is 34.9 Å². The van der Waals surface area contributed by atoms with Crippen molar-refractivity contribution in [3.63, 3.8) is 0 Å². The molecule has 3 rings (SSSR count). The largest absolute Gasteiger partial charge is 0.360 e. The summed E-state index contributed by atoms with van der Waals surface area (Å²) in [6.07, 6.45) is 2.58. The first kappa shape index (κ1) is 16.0. The van der Waals surface area contributed by atoms with Crippen molar-refractivity contribution in [2.75, 3.05) is 16.8 Å². The predicted octanol–water partition coefficient (Wildman–Crippen LogP) is 2.82. The summed E-state index contributed by atoms with van der Waals surface area (Å²) in [5.41, 5.74) is 1.81. The minimum Gasteiger partial charge on any atom is -0.360 e. The van der Waals surface area contributed by atoms with Crippen LogP contribution >= 0.6 is 0 Å². The van der Waals surface area contributed by atoms with Crippen LogP contribution in [0, 0.1) is 6.92 Å². The van der Waals surface area contributed by atoms with Crippen molar-refractivity contribution in [1.82, 2.24) is 10.5 Å². The fraction of sp³-hybridized carbons (Fsp3) is 0.353. The first-order valence-corrected chi connectivity index (χ1v) is 7.99. The zero-order chi connectivity index (χ0) is 16.9. The lowest BCUT2D eigenvalue weighted by Gasteiger charge is -2.27. The summed E-state index contributed by atoms with van der Waals surface area (Å²) in [5, 5.41) is 9.06. The van der Waals surface area contributed by atoms with E-state index in [-0.39, 0.29) is 11.9 Å². The van der Waals surface area contributed by atoms with Gasteiger partial charge >= 0.3 is 6.03 Å². The molecule has 0 atom stereocenters. The van der Waals surface area contributed by atoms with Gasteiger partial charge in [0, 0.05) is 31.3 Å². The standard InChI is InChI=1S/C17H20N4O3/c1-12-9-15(20-24-12)19-17(23)18-11-13-5-4-6-14(10-13)21-8-3-2-7-16(21)22/h4-6,9-10H,2-3,7-8,11H2,1H3,(H2,18,19,20,23). The Labute approximate surface area is 140 Å². The lowest BCUT2D eigenvalue weighted by Crippen LogP contribution is -2.35. The number of piperidine rings is 1. The van der Waals surface area contributed by atoms with E-state index in [2.05, 4.69) is 15.8 Å². The van der Waals surface area contributed by atoms with Gasteiger partial charge in [0.05, 0.1) is 0 Å². The van der Waals surface area contributed by atoms with Crippen LogP contribution in [-0.2, 0) is 11.3 Å². The van der Waals surface area contributed by atoms with Gasteiger partial charge in [-0.25, -0.2) is 4.79 Å². The molecular weight excluding hydrogens is 308 g/mol. The highest BCUT2D eigenvalue weighted by Gasteiger charge is 2.19. The molecule has 3 amide bonds. The molecule has 1 fully saturated rings. The Morgan fingerprint density at radius 3 is 2.96 bits per heavy atom. The maximum Gasteiger partial charge on any atom is 0.320 e. The molecule has 2 N–H and O–H groups in total. The summed E-state index contributed by atoms with van der Waals surface area (Å²) in [6, 6.07) is 8.95. The van der Waals surface area contributed by atoms with Gasteiger partial charge in [0.15, 0.2) is 5.82 Å². The number of aryl methyl sites for hydroxylation is 1. The van der Waals surface area contributed by atoms with E-state index in [1.807, 2.05) is 29.2 Å². The van der Waals surface area contributed by atoms with Gasteiger partial charge in [-0.3, -0.25) is 10.1 Å².